The summed E-state index contributed by atoms with van der Waals surface area (Å²) < 4.78 is 50.3. The predicted octanol–water partition coefficient (Wildman–Crippen LogP) is 6.52. The second kappa shape index (κ2) is 17.4. The van der Waals surface area contributed by atoms with E-state index in [0.29, 0.717) is 18.8 Å². The molecular weight excluding hydrogens is 661 g/mol. The number of hydrogen-bond donors (Lipinski definition) is 0. The van der Waals surface area contributed by atoms with Gasteiger partial charge in [-0.25, -0.2) is 4.79 Å². The van der Waals surface area contributed by atoms with Gasteiger partial charge in [-0.1, -0.05) is 54.6 Å². The van der Waals surface area contributed by atoms with E-state index in [1.165, 1.54) is 39.0 Å². The SMILES string of the molecule is CN(CCN(C)C(=O)[C@H](Cc1ccccc1)N(Cc1ccc(N2CCOCC2)cc1)C(=O)C=Cc1ccc(C(F)(F)F)cc1)C(=O)OC(C)(C)C. The van der Waals surface area contributed by atoms with E-state index >= 15 is 0 Å². The van der Waals surface area contributed by atoms with Gasteiger partial charge in [-0.3, -0.25) is 9.59 Å². The number of anilines is 1. The van der Waals surface area contributed by atoms with Crippen LogP contribution in [-0.4, -0.2) is 97.7 Å². The van der Waals surface area contributed by atoms with Crippen molar-refractivity contribution in [2.24, 2.45) is 0 Å². The van der Waals surface area contributed by atoms with Crippen LogP contribution in [0.15, 0.2) is 84.9 Å². The third kappa shape index (κ3) is 11.9. The molecule has 274 valence electrons. The zero-order chi connectivity index (χ0) is 37.2. The van der Waals surface area contributed by atoms with Crippen LogP contribution < -0.4 is 4.90 Å². The Hall–Kier alpha value is -4.84. The molecule has 3 amide bonds. The van der Waals surface area contributed by atoms with Crippen molar-refractivity contribution in [3.63, 3.8) is 0 Å². The molecule has 1 aliphatic heterocycles. The molecule has 0 aliphatic carbocycles. The first-order chi connectivity index (χ1) is 24.1. The number of morpholine rings is 1. The fourth-order valence-electron chi connectivity index (χ4n) is 5.48. The summed E-state index contributed by atoms with van der Waals surface area (Å²) in [6, 6.07) is 20.7. The molecule has 12 heteroatoms. The monoisotopic (exact) mass is 708 g/mol. The second-order valence-electron chi connectivity index (χ2n) is 13.6. The fraction of sp³-hybridized carbons (Fsp3) is 0.410. The maximum atomic E-state index is 14.3. The maximum absolute atomic E-state index is 14.3. The Morgan fingerprint density at radius 3 is 2.04 bits per heavy atom. The largest absolute Gasteiger partial charge is 0.444 e. The molecule has 51 heavy (non-hydrogen) atoms. The maximum Gasteiger partial charge on any atom is 0.416 e. The summed E-state index contributed by atoms with van der Waals surface area (Å²) >= 11 is 0. The van der Waals surface area contributed by atoms with Gasteiger partial charge >= 0.3 is 12.3 Å². The highest BCUT2D eigenvalue weighted by Gasteiger charge is 2.33. The van der Waals surface area contributed by atoms with Gasteiger partial charge in [-0.05, 0) is 67.8 Å². The first-order valence-corrected chi connectivity index (χ1v) is 16.9. The van der Waals surface area contributed by atoms with Crippen LogP contribution in [0.5, 0.6) is 0 Å². The summed E-state index contributed by atoms with van der Waals surface area (Å²) in [5.41, 5.74) is 1.58. The van der Waals surface area contributed by atoms with Crippen molar-refractivity contribution in [3.8, 4) is 0 Å². The van der Waals surface area contributed by atoms with E-state index in [4.69, 9.17) is 9.47 Å². The van der Waals surface area contributed by atoms with Gasteiger partial charge in [0.15, 0.2) is 0 Å². The number of halogens is 3. The van der Waals surface area contributed by atoms with Crippen molar-refractivity contribution < 1.29 is 37.0 Å². The first-order valence-electron chi connectivity index (χ1n) is 16.9. The standard InChI is InChI=1S/C39H47F3N4O5/c1-38(2,3)51-37(49)44(5)22-21-43(4)36(48)34(27-30-9-7-6-8-10-30)46(28-31-13-18-33(19-14-31)45-23-25-50-26-24-45)35(47)20-15-29-11-16-32(17-12-29)39(40,41)42/h6-20,34H,21-28H2,1-5H3/t34-/m0/s1. The smallest absolute Gasteiger partial charge is 0.416 e. The van der Waals surface area contributed by atoms with Crippen LogP contribution >= 0.6 is 0 Å². The molecule has 9 nitrogen and oxygen atoms in total. The van der Waals surface area contributed by atoms with E-state index < -0.39 is 35.4 Å². The van der Waals surface area contributed by atoms with Gasteiger partial charge in [0.25, 0.3) is 0 Å². The number of hydrogen-bond acceptors (Lipinski definition) is 6. The summed E-state index contributed by atoms with van der Waals surface area (Å²) in [6.45, 7) is 8.60. The normalized spacial score (nSPS) is 14.2. The summed E-state index contributed by atoms with van der Waals surface area (Å²) in [5.74, 6) is -0.821. The molecule has 1 fully saturated rings. The van der Waals surface area contributed by atoms with E-state index in [1.54, 1.807) is 34.9 Å². The number of benzene rings is 3. The molecule has 1 heterocycles. The number of ether oxygens (including phenoxy) is 2. The average Bonchev–Trinajstić information content (AvgIpc) is 3.10. The van der Waals surface area contributed by atoms with Gasteiger partial charge < -0.3 is 29.1 Å². The average molecular weight is 709 g/mol. The van der Waals surface area contributed by atoms with E-state index in [9.17, 15) is 27.6 Å². The lowest BCUT2D eigenvalue weighted by molar-refractivity contribution is -0.143. The molecular formula is C39H47F3N4O5. The Bertz CT molecular complexity index is 1620. The molecule has 0 spiro atoms. The summed E-state index contributed by atoms with van der Waals surface area (Å²) in [4.78, 5) is 47.6. The number of rotatable bonds is 12. The van der Waals surface area contributed by atoms with Crippen LogP contribution in [0.4, 0.5) is 23.7 Å². The predicted molar refractivity (Wildman–Crippen MR) is 191 cm³/mol. The Balaban J connectivity index is 1.63. The van der Waals surface area contributed by atoms with Crippen LogP contribution in [0.3, 0.4) is 0 Å². The molecule has 1 aliphatic rings. The minimum Gasteiger partial charge on any atom is -0.444 e. The number of nitrogens with zero attached hydrogens (tertiary/aromatic N) is 4. The molecule has 1 atom stereocenters. The molecule has 1 saturated heterocycles. The van der Waals surface area contributed by atoms with E-state index in [0.717, 1.165) is 42.0 Å². The van der Waals surface area contributed by atoms with Gasteiger partial charge in [0.1, 0.15) is 11.6 Å². The van der Waals surface area contributed by atoms with Crippen LogP contribution in [0.2, 0.25) is 0 Å². The van der Waals surface area contributed by atoms with Gasteiger partial charge in [0.05, 0.1) is 18.8 Å². The molecule has 0 aromatic heterocycles. The van der Waals surface area contributed by atoms with E-state index in [1.807, 2.05) is 54.6 Å². The van der Waals surface area contributed by atoms with Gasteiger partial charge in [-0.2, -0.15) is 13.2 Å². The molecule has 4 rings (SSSR count). The van der Waals surface area contributed by atoms with Gasteiger partial charge in [0.2, 0.25) is 11.8 Å². The number of likely N-dealkylation sites (N-methyl/N-ethyl adjacent to an activating group) is 2. The summed E-state index contributed by atoms with van der Waals surface area (Å²) in [6.07, 6.45) is -2.06. The minimum atomic E-state index is -4.48. The van der Waals surface area contributed by atoms with Crippen LogP contribution in [-0.2, 0) is 38.2 Å². The molecule has 0 bridgehead atoms. The van der Waals surface area contributed by atoms with Gasteiger partial charge in [0, 0.05) is 65.0 Å². The van der Waals surface area contributed by atoms with Crippen LogP contribution in [0.25, 0.3) is 6.08 Å². The number of carbonyl (C=O) groups is 3. The molecule has 0 unspecified atom stereocenters. The van der Waals surface area contributed by atoms with Crippen molar-refractivity contribution in [2.75, 3.05) is 58.4 Å². The van der Waals surface area contributed by atoms with Crippen molar-refractivity contribution in [3.05, 3.63) is 107 Å². The molecule has 3 aromatic carbocycles. The fourth-order valence-corrected chi connectivity index (χ4v) is 5.48. The third-order valence-electron chi connectivity index (χ3n) is 8.39. The Kier molecular flexibility index (Phi) is 13.3. The summed E-state index contributed by atoms with van der Waals surface area (Å²) in [5, 5.41) is 0. The van der Waals surface area contributed by atoms with Crippen molar-refractivity contribution in [2.45, 2.75) is 51.6 Å². The quantitative estimate of drug-likeness (QED) is 0.200. The lowest BCUT2D eigenvalue weighted by Crippen LogP contribution is -2.51. The van der Waals surface area contributed by atoms with Crippen molar-refractivity contribution >= 4 is 29.7 Å². The first kappa shape index (κ1) is 39.0. The highest BCUT2D eigenvalue weighted by molar-refractivity contribution is 5.95. The highest BCUT2D eigenvalue weighted by atomic mass is 19.4. The zero-order valence-electron chi connectivity index (χ0n) is 29.9. The lowest BCUT2D eigenvalue weighted by Gasteiger charge is -2.34. The van der Waals surface area contributed by atoms with E-state index in [2.05, 4.69) is 4.90 Å². The topological polar surface area (TPSA) is 82.6 Å². The molecule has 0 radical (unpaired) electrons. The number of amides is 3. The highest BCUT2D eigenvalue weighted by Crippen LogP contribution is 2.29. The Morgan fingerprint density at radius 1 is 0.843 bits per heavy atom. The third-order valence-corrected chi connectivity index (χ3v) is 8.39. The van der Waals surface area contributed by atoms with Crippen molar-refractivity contribution in [1.82, 2.24) is 14.7 Å². The lowest BCUT2D eigenvalue weighted by atomic mass is 10.0. The molecule has 0 saturated carbocycles. The second-order valence-corrected chi connectivity index (χ2v) is 13.6. The number of carbonyl (C=O) groups excluding carboxylic acids is 3. The molecule has 0 N–H and O–H groups in total. The van der Waals surface area contributed by atoms with E-state index in [-0.39, 0.29) is 32.0 Å². The van der Waals surface area contributed by atoms with Crippen molar-refractivity contribution in [1.29, 1.82) is 0 Å². The minimum absolute atomic E-state index is 0.0917. The Labute approximate surface area is 298 Å². The van der Waals surface area contributed by atoms with Gasteiger partial charge in [-0.15, -0.1) is 0 Å². The van der Waals surface area contributed by atoms with Crippen LogP contribution in [0.1, 0.15) is 43.0 Å². The van der Waals surface area contributed by atoms with Crippen LogP contribution in [0, 0.1) is 0 Å². The number of alkyl halides is 3. The zero-order valence-corrected chi connectivity index (χ0v) is 29.9. The molecule has 3 aromatic rings. The Morgan fingerprint density at radius 2 is 1.45 bits per heavy atom. The summed E-state index contributed by atoms with van der Waals surface area (Å²) in [7, 11) is 3.22.